The molecule has 0 amide bonds. The van der Waals surface area contributed by atoms with Crippen molar-refractivity contribution >= 4 is 5.96 Å². The first-order valence-corrected chi connectivity index (χ1v) is 9.39. The minimum atomic E-state index is 0.605. The molecule has 2 rings (SSSR count). The Morgan fingerprint density at radius 3 is 2.43 bits per heavy atom. The zero-order valence-electron chi connectivity index (χ0n) is 15.3. The third-order valence-corrected chi connectivity index (χ3v) is 5.46. The number of likely N-dealkylation sites (tertiary alicyclic amines) is 1. The lowest BCUT2D eigenvalue weighted by atomic mass is 9.87. The SMILES string of the molecule is CN=C(NCC1CCN(CCOC)CC1)NC1CCC(C)CC1. The van der Waals surface area contributed by atoms with Crippen molar-refractivity contribution in [2.45, 2.75) is 51.5 Å². The number of piperidine rings is 1. The predicted octanol–water partition coefficient (Wildman–Crippen LogP) is 2.09. The van der Waals surface area contributed by atoms with E-state index in [4.69, 9.17) is 4.74 Å². The normalized spacial score (nSPS) is 27.9. The topological polar surface area (TPSA) is 48.9 Å². The van der Waals surface area contributed by atoms with Gasteiger partial charge in [-0.05, 0) is 63.5 Å². The smallest absolute Gasteiger partial charge is 0.191 e. The van der Waals surface area contributed by atoms with E-state index in [1.807, 2.05) is 7.05 Å². The molecule has 1 aliphatic carbocycles. The van der Waals surface area contributed by atoms with Crippen LogP contribution < -0.4 is 10.6 Å². The van der Waals surface area contributed by atoms with Crippen LogP contribution in [0, 0.1) is 11.8 Å². The molecular formula is C18H36N4O. The Balaban J connectivity index is 1.62. The Morgan fingerprint density at radius 2 is 1.83 bits per heavy atom. The molecule has 0 aromatic carbocycles. The van der Waals surface area contributed by atoms with Crippen LogP contribution in [0.2, 0.25) is 0 Å². The maximum Gasteiger partial charge on any atom is 0.191 e. The van der Waals surface area contributed by atoms with E-state index in [0.717, 1.165) is 37.5 Å². The van der Waals surface area contributed by atoms with E-state index in [2.05, 4.69) is 27.4 Å². The molecule has 0 aromatic rings. The Kier molecular flexibility index (Phi) is 8.17. The highest BCUT2D eigenvalue weighted by molar-refractivity contribution is 5.79. The molecule has 0 atom stereocenters. The number of nitrogens with zero attached hydrogens (tertiary/aromatic N) is 2. The number of guanidine groups is 1. The molecule has 0 radical (unpaired) electrons. The van der Waals surface area contributed by atoms with Gasteiger partial charge in [-0.15, -0.1) is 0 Å². The van der Waals surface area contributed by atoms with Crippen molar-refractivity contribution in [2.24, 2.45) is 16.8 Å². The summed E-state index contributed by atoms with van der Waals surface area (Å²) in [6, 6.07) is 0.605. The van der Waals surface area contributed by atoms with Gasteiger partial charge in [0.2, 0.25) is 0 Å². The number of rotatable bonds is 6. The molecule has 1 saturated heterocycles. The molecule has 0 spiro atoms. The first kappa shape index (κ1) is 18.5. The number of hydrogen-bond acceptors (Lipinski definition) is 3. The molecule has 0 aromatic heterocycles. The van der Waals surface area contributed by atoms with E-state index in [-0.39, 0.29) is 0 Å². The van der Waals surface area contributed by atoms with Gasteiger partial charge in [0.1, 0.15) is 0 Å². The molecule has 0 bridgehead atoms. The summed E-state index contributed by atoms with van der Waals surface area (Å²) in [5, 5.41) is 7.17. The van der Waals surface area contributed by atoms with Crippen molar-refractivity contribution < 1.29 is 4.74 Å². The van der Waals surface area contributed by atoms with Gasteiger partial charge in [0.05, 0.1) is 6.61 Å². The lowest BCUT2D eigenvalue weighted by Gasteiger charge is -2.32. The van der Waals surface area contributed by atoms with Gasteiger partial charge in [-0.2, -0.15) is 0 Å². The molecule has 1 aliphatic heterocycles. The van der Waals surface area contributed by atoms with Crippen LogP contribution in [0.4, 0.5) is 0 Å². The van der Waals surface area contributed by atoms with Crippen molar-refractivity contribution in [3.63, 3.8) is 0 Å². The van der Waals surface area contributed by atoms with E-state index in [0.29, 0.717) is 6.04 Å². The van der Waals surface area contributed by atoms with Gasteiger partial charge in [-0.1, -0.05) is 6.92 Å². The summed E-state index contributed by atoms with van der Waals surface area (Å²) in [7, 11) is 3.66. The maximum atomic E-state index is 5.17. The molecule has 2 fully saturated rings. The summed E-state index contributed by atoms with van der Waals surface area (Å²) >= 11 is 0. The maximum absolute atomic E-state index is 5.17. The quantitative estimate of drug-likeness (QED) is 0.580. The van der Waals surface area contributed by atoms with Crippen LogP contribution in [0.15, 0.2) is 4.99 Å². The van der Waals surface area contributed by atoms with E-state index < -0.39 is 0 Å². The zero-order valence-corrected chi connectivity index (χ0v) is 15.3. The predicted molar refractivity (Wildman–Crippen MR) is 97.0 cm³/mol. The number of nitrogens with one attached hydrogen (secondary N) is 2. The first-order chi connectivity index (χ1) is 11.2. The fourth-order valence-corrected chi connectivity index (χ4v) is 3.67. The molecule has 2 aliphatic rings. The van der Waals surface area contributed by atoms with Crippen LogP contribution in [0.1, 0.15) is 45.4 Å². The van der Waals surface area contributed by atoms with Crippen molar-refractivity contribution in [1.82, 2.24) is 15.5 Å². The Bertz CT molecular complexity index is 345. The fraction of sp³-hybridized carbons (Fsp3) is 0.944. The van der Waals surface area contributed by atoms with Crippen molar-refractivity contribution in [3.05, 3.63) is 0 Å². The Labute approximate surface area is 142 Å². The summed E-state index contributed by atoms with van der Waals surface area (Å²) < 4.78 is 5.17. The van der Waals surface area contributed by atoms with Gasteiger partial charge in [-0.3, -0.25) is 4.99 Å². The Hall–Kier alpha value is -0.810. The zero-order chi connectivity index (χ0) is 16.5. The summed E-state index contributed by atoms with van der Waals surface area (Å²) in [6.07, 6.45) is 7.78. The average Bonchev–Trinajstić information content (AvgIpc) is 2.59. The summed E-state index contributed by atoms with van der Waals surface area (Å²) in [5.74, 6) is 2.65. The molecule has 0 unspecified atom stereocenters. The molecule has 1 heterocycles. The summed E-state index contributed by atoms with van der Waals surface area (Å²) in [4.78, 5) is 6.92. The highest BCUT2D eigenvalue weighted by Gasteiger charge is 2.21. The van der Waals surface area contributed by atoms with Gasteiger partial charge in [0.15, 0.2) is 5.96 Å². The van der Waals surface area contributed by atoms with E-state index >= 15 is 0 Å². The van der Waals surface area contributed by atoms with Crippen molar-refractivity contribution in [1.29, 1.82) is 0 Å². The summed E-state index contributed by atoms with van der Waals surface area (Å²) in [6.45, 7) is 7.72. The molecule has 134 valence electrons. The standard InChI is InChI=1S/C18H36N4O/c1-15-4-6-17(7-5-15)21-18(19-2)20-14-16-8-10-22(11-9-16)12-13-23-3/h15-17H,4-14H2,1-3H3,(H2,19,20,21). The van der Waals surface area contributed by atoms with E-state index in [1.54, 1.807) is 7.11 Å². The third-order valence-electron chi connectivity index (χ3n) is 5.46. The second-order valence-corrected chi connectivity index (χ2v) is 7.33. The summed E-state index contributed by atoms with van der Waals surface area (Å²) in [5.41, 5.74) is 0. The third kappa shape index (κ3) is 6.68. The van der Waals surface area contributed by atoms with Gasteiger partial charge >= 0.3 is 0 Å². The lowest BCUT2D eigenvalue weighted by Crippen LogP contribution is -2.47. The second kappa shape index (κ2) is 10.1. The van der Waals surface area contributed by atoms with Crippen molar-refractivity contribution in [2.75, 3.05) is 46.9 Å². The number of hydrogen-bond donors (Lipinski definition) is 2. The van der Waals surface area contributed by atoms with Gasteiger partial charge < -0.3 is 20.3 Å². The lowest BCUT2D eigenvalue weighted by molar-refractivity contribution is 0.120. The first-order valence-electron chi connectivity index (χ1n) is 9.39. The number of ether oxygens (including phenoxy) is 1. The van der Waals surface area contributed by atoms with Gasteiger partial charge in [0.25, 0.3) is 0 Å². The molecule has 5 heteroatoms. The molecular weight excluding hydrogens is 288 g/mol. The van der Waals surface area contributed by atoms with Crippen LogP contribution in [-0.4, -0.2) is 63.8 Å². The van der Waals surface area contributed by atoms with Gasteiger partial charge in [0, 0.05) is 33.3 Å². The average molecular weight is 325 g/mol. The van der Waals surface area contributed by atoms with Crippen molar-refractivity contribution in [3.8, 4) is 0 Å². The largest absolute Gasteiger partial charge is 0.383 e. The molecule has 23 heavy (non-hydrogen) atoms. The molecule has 5 nitrogen and oxygen atoms in total. The highest BCUT2D eigenvalue weighted by Crippen LogP contribution is 2.23. The molecule has 2 N–H and O–H groups in total. The van der Waals surface area contributed by atoms with Crippen LogP contribution in [0.5, 0.6) is 0 Å². The van der Waals surface area contributed by atoms with E-state index in [1.165, 1.54) is 51.6 Å². The fourth-order valence-electron chi connectivity index (χ4n) is 3.67. The van der Waals surface area contributed by atoms with Crippen LogP contribution in [0.25, 0.3) is 0 Å². The monoisotopic (exact) mass is 324 g/mol. The van der Waals surface area contributed by atoms with Crippen LogP contribution in [-0.2, 0) is 4.74 Å². The van der Waals surface area contributed by atoms with Gasteiger partial charge in [-0.25, -0.2) is 0 Å². The second-order valence-electron chi connectivity index (χ2n) is 7.33. The van der Waals surface area contributed by atoms with Crippen LogP contribution >= 0.6 is 0 Å². The number of aliphatic imine (C=N–C) groups is 1. The highest BCUT2D eigenvalue weighted by atomic mass is 16.5. The number of methoxy groups -OCH3 is 1. The minimum Gasteiger partial charge on any atom is -0.383 e. The van der Waals surface area contributed by atoms with Crippen LogP contribution in [0.3, 0.4) is 0 Å². The minimum absolute atomic E-state index is 0.605. The van der Waals surface area contributed by atoms with E-state index in [9.17, 15) is 0 Å². The Morgan fingerprint density at radius 1 is 1.13 bits per heavy atom. The molecule has 1 saturated carbocycles.